The van der Waals surface area contributed by atoms with Gasteiger partial charge in [0, 0.05) is 19.3 Å². The minimum atomic E-state index is 0.0856. The summed E-state index contributed by atoms with van der Waals surface area (Å²) in [6.07, 6.45) is 3.35. The van der Waals surface area contributed by atoms with Crippen LogP contribution in [0.1, 0.15) is 11.4 Å². The van der Waals surface area contributed by atoms with Crippen molar-refractivity contribution >= 4 is 5.82 Å². The summed E-state index contributed by atoms with van der Waals surface area (Å²) in [4.78, 5) is 10.5. The average Bonchev–Trinajstić information content (AvgIpc) is 2.69. The molecule has 0 atom stereocenters. The van der Waals surface area contributed by atoms with Crippen molar-refractivity contribution in [2.75, 3.05) is 25.1 Å². The van der Waals surface area contributed by atoms with E-state index >= 15 is 0 Å². The molecule has 0 radical (unpaired) electrons. The number of likely N-dealkylation sites (N-methyl/N-ethyl adjacent to an activating group) is 1. The molecule has 2 heterocycles. The van der Waals surface area contributed by atoms with Gasteiger partial charge in [-0.2, -0.15) is 5.10 Å². The van der Waals surface area contributed by atoms with Gasteiger partial charge < -0.3 is 10.0 Å². The maximum Gasteiger partial charge on any atom is 0.174 e. The molecule has 0 bridgehead atoms. The quantitative estimate of drug-likeness (QED) is 0.861. The van der Waals surface area contributed by atoms with E-state index in [2.05, 4.69) is 15.1 Å². The molecule has 2 aromatic heterocycles. The highest BCUT2D eigenvalue weighted by molar-refractivity contribution is 5.38. The van der Waals surface area contributed by atoms with Crippen LogP contribution in [0.15, 0.2) is 18.5 Å². The van der Waals surface area contributed by atoms with Crippen LogP contribution < -0.4 is 4.90 Å². The second-order valence-corrected chi connectivity index (χ2v) is 4.22. The molecule has 0 aliphatic heterocycles. The molecule has 0 aliphatic carbocycles. The van der Waals surface area contributed by atoms with Crippen LogP contribution in [0.3, 0.4) is 0 Å². The number of rotatable bonds is 4. The predicted molar refractivity (Wildman–Crippen MR) is 69.0 cm³/mol. The van der Waals surface area contributed by atoms with E-state index in [1.165, 1.54) is 0 Å². The zero-order chi connectivity index (χ0) is 13.1. The molecule has 0 unspecified atom stereocenters. The minimum Gasteiger partial charge on any atom is -0.395 e. The van der Waals surface area contributed by atoms with Gasteiger partial charge in [-0.1, -0.05) is 0 Å². The highest BCUT2D eigenvalue weighted by Crippen LogP contribution is 2.12. The van der Waals surface area contributed by atoms with Crippen LogP contribution in [0, 0.1) is 13.8 Å². The molecule has 0 spiro atoms. The Hall–Kier alpha value is -1.95. The zero-order valence-corrected chi connectivity index (χ0v) is 10.8. The first kappa shape index (κ1) is 12.5. The molecule has 0 aromatic carbocycles. The van der Waals surface area contributed by atoms with Gasteiger partial charge in [0.15, 0.2) is 5.82 Å². The normalized spacial score (nSPS) is 10.7. The summed E-state index contributed by atoms with van der Waals surface area (Å²) in [5.74, 6) is 1.40. The van der Waals surface area contributed by atoms with E-state index < -0.39 is 0 Å². The van der Waals surface area contributed by atoms with E-state index in [9.17, 15) is 0 Å². The summed E-state index contributed by atoms with van der Waals surface area (Å²) < 4.78 is 1.76. The lowest BCUT2D eigenvalue weighted by molar-refractivity contribution is 0.304. The third kappa shape index (κ3) is 2.48. The van der Waals surface area contributed by atoms with Gasteiger partial charge in [0.1, 0.15) is 5.82 Å². The monoisotopic (exact) mass is 247 g/mol. The molecule has 6 nitrogen and oxygen atoms in total. The van der Waals surface area contributed by atoms with Gasteiger partial charge in [0.25, 0.3) is 0 Å². The van der Waals surface area contributed by atoms with Gasteiger partial charge in [-0.25, -0.2) is 9.67 Å². The zero-order valence-electron chi connectivity index (χ0n) is 10.8. The Morgan fingerprint density at radius 3 is 2.72 bits per heavy atom. The van der Waals surface area contributed by atoms with E-state index in [0.717, 1.165) is 11.4 Å². The Balaban J connectivity index is 2.35. The third-order valence-electron chi connectivity index (χ3n) is 2.66. The van der Waals surface area contributed by atoms with Crippen LogP contribution in [0.5, 0.6) is 0 Å². The molecule has 0 aliphatic rings. The first-order valence-corrected chi connectivity index (χ1v) is 5.79. The Bertz CT molecular complexity index is 537. The second kappa shape index (κ2) is 5.14. The van der Waals surface area contributed by atoms with Gasteiger partial charge in [-0.3, -0.25) is 4.98 Å². The summed E-state index contributed by atoms with van der Waals surface area (Å²) in [6, 6.07) is 1.99. The van der Waals surface area contributed by atoms with Crippen molar-refractivity contribution in [1.82, 2.24) is 19.7 Å². The van der Waals surface area contributed by atoms with Crippen LogP contribution in [0.4, 0.5) is 5.82 Å². The second-order valence-electron chi connectivity index (χ2n) is 4.22. The van der Waals surface area contributed by atoms with Gasteiger partial charge in [-0.05, 0) is 19.9 Å². The first-order chi connectivity index (χ1) is 8.61. The molecule has 18 heavy (non-hydrogen) atoms. The van der Waals surface area contributed by atoms with E-state index in [1.54, 1.807) is 17.1 Å². The maximum atomic E-state index is 8.92. The molecular weight excluding hydrogens is 230 g/mol. The predicted octanol–water partition coefficient (Wildman–Crippen LogP) is 0.708. The van der Waals surface area contributed by atoms with Crippen LogP contribution in [0.25, 0.3) is 5.82 Å². The van der Waals surface area contributed by atoms with E-state index in [-0.39, 0.29) is 6.61 Å². The number of hydrogen-bond acceptors (Lipinski definition) is 5. The van der Waals surface area contributed by atoms with Crippen molar-refractivity contribution in [2.45, 2.75) is 13.8 Å². The molecule has 2 rings (SSSR count). The topological polar surface area (TPSA) is 67.1 Å². The number of anilines is 1. The van der Waals surface area contributed by atoms with Crippen molar-refractivity contribution in [1.29, 1.82) is 0 Å². The Labute approximate surface area is 106 Å². The van der Waals surface area contributed by atoms with Gasteiger partial charge in [0.05, 0.1) is 24.7 Å². The standard InChI is InChI=1S/C12H17N5O/c1-9-6-10(2)17(15-9)12-8-13-7-11(14-12)16(3)4-5-18/h6-8,18H,4-5H2,1-3H3. The van der Waals surface area contributed by atoms with Gasteiger partial charge in [0.2, 0.25) is 0 Å². The van der Waals surface area contributed by atoms with Gasteiger partial charge in [-0.15, -0.1) is 0 Å². The fraction of sp³-hybridized carbons (Fsp3) is 0.417. The molecule has 96 valence electrons. The molecular formula is C12H17N5O. The smallest absolute Gasteiger partial charge is 0.174 e. The lowest BCUT2D eigenvalue weighted by Crippen LogP contribution is -2.23. The van der Waals surface area contributed by atoms with Crippen molar-refractivity contribution in [2.24, 2.45) is 0 Å². The third-order valence-corrected chi connectivity index (χ3v) is 2.66. The van der Waals surface area contributed by atoms with E-state index in [0.29, 0.717) is 18.2 Å². The van der Waals surface area contributed by atoms with Crippen molar-refractivity contribution in [3.63, 3.8) is 0 Å². The Morgan fingerprint density at radius 1 is 1.33 bits per heavy atom. The number of aliphatic hydroxyl groups excluding tert-OH is 1. The highest BCUT2D eigenvalue weighted by Gasteiger charge is 2.08. The minimum absolute atomic E-state index is 0.0856. The molecule has 1 N–H and O–H groups in total. The highest BCUT2D eigenvalue weighted by atomic mass is 16.3. The number of aromatic nitrogens is 4. The summed E-state index contributed by atoms with van der Waals surface area (Å²) in [5, 5.41) is 13.3. The molecule has 0 saturated heterocycles. The number of nitrogens with zero attached hydrogens (tertiary/aromatic N) is 5. The van der Waals surface area contributed by atoms with Gasteiger partial charge >= 0.3 is 0 Å². The summed E-state index contributed by atoms with van der Waals surface area (Å²) in [7, 11) is 1.87. The van der Waals surface area contributed by atoms with Crippen LogP contribution in [-0.2, 0) is 0 Å². The number of hydrogen-bond donors (Lipinski definition) is 1. The average molecular weight is 247 g/mol. The van der Waals surface area contributed by atoms with E-state index in [4.69, 9.17) is 5.11 Å². The van der Waals surface area contributed by atoms with E-state index in [1.807, 2.05) is 31.9 Å². The van der Waals surface area contributed by atoms with Crippen LogP contribution in [-0.4, -0.2) is 45.1 Å². The van der Waals surface area contributed by atoms with Crippen molar-refractivity contribution in [3.8, 4) is 5.82 Å². The fourth-order valence-corrected chi connectivity index (χ4v) is 1.76. The summed E-state index contributed by atoms with van der Waals surface area (Å²) >= 11 is 0. The molecule has 0 amide bonds. The Kier molecular flexibility index (Phi) is 3.57. The molecule has 0 saturated carbocycles. The maximum absolute atomic E-state index is 8.92. The van der Waals surface area contributed by atoms with Crippen molar-refractivity contribution in [3.05, 3.63) is 29.8 Å². The van der Waals surface area contributed by atoms with Crippen LogP contribution in [0.2, 0.25) is 0 Å². The fourth-order valence-electron chi connectivity index (χ4n) is 1.76. The Morgan fingerprint density at radius 2 is 2.11 bits per heavy atom. The lowest BCUT2D eigenvalue weighted by Gasteiger charge is -2.16. The summed E-state index contributed by atoms with van der Waals surface area (Å²) in [5.41, 5.74) is 1.96. The largest absolute Gasteiger partial charge is 0.395 e. The van der Waals surface area contributed by atoms with Crippen LogP contribution >= 0.6 is 0 Å². The molecule has 2 aromatic rings. The lowest BCUT2D eigenvalue weighted by atomic mass is 10.4. The van der Waals surface area contributed by atoms with Crippen molar-refractivity contribution < 1.29 is 5.11 Å². The molecule has 6 heteroatoms. The number of aliphatic hydroxyl groups is 1. The molecule has 0 fully saturated rings. The summed E-state index contributed by atoms with van der Waals surface area (Å²) in [6.45, 7) is 4.53. The first-order valence-electron chi connectivity index (χ1n) is 5.79. The SMILES string of the molecule is Cc1cc(C)n(-c2cncc(N(C)CCO)n2)n1. The number of aryl methyl sites for hydroxylation is 2.